The number of hydrogen-bond donors (Lipinski definition) is 1. The van der Waals surface area contributed by atoms with E-state index < -0.39 is 5.34 Å². The third-order valence-electron chi connectivity index (χ3n) is 5.64. The molecule has 2 aliphatic rings. The molecule has 2 aliphatic heterocycles. The van der Waals surface area contributed by atoms with Crippen LogP contribution < -0.4 is 14.8 Å². The zero-order valence-corrected chi connectivity index (χ0v) is 17.0. The van der Waals surface area contributed by atoms with E-state index in [1.54, 1.807) is 23.0 Å². The second kappa shape index (κ2) is 7.46. The van der Waals surface area contributed by atoms with Crippen LogP contribution in [0.2, 0.25) is 0 Å². The predicted molar refractivity (Wildman–Crippen MR) is 113 cm³/mol. The Morgan fingerprint density at radius 1 is 1.23 bits per heavy atom. The summed E-state index contributed by atoms with van der Waals surface area (Å²) in [6.45, 7) is 1.94. The van der Waals surface area contributed by atoms with Gasteiger partial charge in [-0.25, -0.2) is 13.8 Å². The Bertz CT molecular complexity index is 1090. The van der Waals surface area contributed by atoms with Crippen molar-refractivity contribution in [2.75, 3.05) is 25.1 Å². The summed E-state index contributed by atoms with van der Waals surface area (Å²) in [5.74, 6) is 1.55. The molecule has 0 aliphatic carbocycles. The van der Waals surface area contributed by atoms with Crippen LogP contribution in [0.25, 0.3) is 5.65 Å². The molecule has 0 bridgehead atoms. The number of fused-ring (bicyclic) bond motifs is 2. The van der Waals surface area contributed by atoms with Gasteiger partial charge in [-0.2, -0.15) is 0 Å². The Morgan fingerprint density at radius 3 is 2.90 bits per heavy atom. The van der Waals surface area contributed by atoms with E-state index in [9.17, 15) is 4.39 Å². The minimum absolute atomic E-state index is 0.0669. The summed E-state index contributed by atoms with van der Waals surface area (Å²) < 4.78 is 33.7. The molecule has 3 aromatic rings. The van der Waals surface area contributed by atoms with Crippen molar-refractivity contribution < 1.29 is 18.6 Å². The van der Waals surface area contributed by atoms with Crippen LogP contribution in [-0.4, -0.2) is 61.2 Å². The molecule has 1 aromatic carbocycles. The Hall–Kier alpha value is -2.81. The van der Waals surface area contributed by atoms with Crippen LogP contribution in [0.3, 0.4) is 0 Å². The van der Waals surface area contributed by atoms with Gasteiger partial charge in [-0.3, -0.25) is 0 Å². The van der Waals surface area contributed by atoms with Crippen molar-refractivity contribution in [2.24, 2.45) is 0 Å². The first-order valence-corrected chi connectivity index (χ1v) is 10.2. The van der Waals surface area contributed by atoms with E-state index in [4.69, 9.17) is 14.2 Å². The van der Waals surface area contributed by atoms with Gasteiger partial charge in [0.2, 0.25) is 11.6 Å². The largest absolute Gasteiger partial charge is 0.493 e. The molecule has 11 heteroatoms. The summed E-state index contributed by atoms with van der Waals surface area (Å²) >= 11 is 0. The summed E-state index contributed by atoms with van der Waals surface area (Å²) in [5.41, 5.74) is 2.05. The molecule has 0 amide bonds. The second-order valence-electron chi connectivity index (χ2n) is 8.15. The average molecular weight is 409 g/mol. The van der Waals surface area contributed by atoms with E-state index >= 15 is 0 Å². The molecule has 30 heavy (non-hydrogen) atoms. The standard InChI is InChI=1S/C19H22B2FN5O3/c20-19(21,16-12-5-8-29-14(12)2-1-13(16)22)25-18-23-9-15(17-26-24-10-27(17)18)30-11-3-6-28-7-4-11/h1-2,9-11H,3-8,20-21H2,(H,23,25). The SMILES string of the molecule is BC(B)(Nc1ncc(OC2CCOCC2)c2nncn12)c1c(F)ccc2c1CCO2. The van der Waals surface area contributed by atoms with Gasteiger partial charge in [0.05, 0.1) is 26.0 Å². The quantitative estimate of drug-likeness (QED) is 0.605. The number of benzene rings is 1. The Balaban J connectivity index is 1.47. The number of hydrogen-bond acceptors (Lipinski definition) is 7. The molecular weight excluding hydrogens is 387 g/mol. The summed E-state index contributed by atoms with van der Waals surface area (Å²) in [6, 6.07) is 3.14. The molecule has 0 radical (unpaired) electrons. The number of rotatable bonds is 5. The average Bonchev–Trinajstić information content (AvgIpc) is 3.40. The maximum absolute atomic E-state index is 14.8. The van der Waals surface area contributed by atoms with E-state index in [2.05, 4.69) is 20.5 Å². The molecule has 154 valence electrons. The van der Waals surface area contributed by atoms with Gasteiger partial charge in [0.15, 0.2) is 5.75 Å². The summed E-state index contributed by atoms with van der Waals surface area (Å²) in [6.07, 6.45) is 5.62. The molecule has 5 rings (SSSR count). The first kappa shape index (κ1) is 19.2. The monoisotopic (exact) mass is 409 g/mol. The van der Waals surface area contributed by atoms with Gasteiger partial charge in [-0.15, -0.1) is 10.2 Å². The third kappa shape index (κ3) is 3.36. The smallest absolute Gasteiger partial charge is 0.209 e. The van der Waals surface area contributed by atoms with E-state index in [-0.39, 0.29) is 11.9 Å². The highest BCUT2D eigenvalue weighted by Crippen LogP contribution is 2.36. The van der Waals surface area contributed by atoms with E-state index in [1.807, 2.05) is 15.7 Å². The minimum atomic E-state index is -0.740. The summed E-state index contributed by atoms with van der Waals surface area (Å²) in [7, 11) is 3.85. The lowest BCUT2D eigenvalue weighted by Gasteiger charge is -2.30. The van der Waals surface area contributed by atoms with Gasteiger partial charge in [-0.1, -0.05) is 0 Å². The second-order valence-corrected chi connectivity index (χ2v) is 8.15. The number of halogens is 1. The fraction of sp³-hybridized carbons (Fsp3) is 0.421. The molecule has 8 nitrogen and oxygen atoms in total. The van der Waals surface area contributed by atoms with Crippen molar-refractivity contribution in [2.45, 2.75) is 30.7 Å². The van der Waals surface area contributed by atoms with Crippen LogP contribution >= 0.6 is 0 Å². The highest BCUT2D eigenvalue weighted by molar-refractivity contribution is 6.41. The molecule has 2 aromatic heterocycles. The molecule has 1 saturated heterocycles. The van der Waals surface area contributed by atoms with Crippen molar-refractivity contribution in [3.05, 3.63) is 41.6 Å². The van der Waals surface area contributed by atoms with Crippen molar-refractivity contribution in [1.82, 2.24) is 19.6 Å². The number of anilines is 1. The Morgan fingerprint density at radius 2 is 2.07 bits per heavy atom. The van der Waals surface area contributed by atoms with Gasteiger partial charge >= 0.3 is 0 Å². The van der Waals surface area contributed by atoms with Crippen molar-refractivity contribution in [1.29, 1.82) is 0 Å². The van der Waals surface area contributed by atoms with Crippen LogP contribution in [-0.2, 0) is 16.5 Å². The van der Waals surface area contributed by atoms with Crippen LogP contribution in [0, 0.1) is 5.82 Å². The molecule has 0 unspecified atom stereocenters. The lowest BCUT2D eigenvalue weighted by Crippen LogP contribution is -2.39. The maximum Gasteiger partial charge on any atom is 0.209 e. The molecule has 4 heterocycles. The third-order valence-corrected chi connectivity index (χ3v) is 5.64. The molecular formula is C19H22B2FN5O3. The molecule has 1 N–H and O–H groups in total. The number of nitrogens with one attached hydrogen (secondary N) is 1. The van der Waals surface area contributed by atoms with Crippen molar-refractivity contribution in [3.63, 3.8) is 0 Å². The van der Waals surface area contributed by atoms with Crippen molar-refractivity contribution in [3.8, 4) is 11.5 Å². The zero-order chi connectivity index (χ0) is 20.7. The number of ether oxygens (including phenoxy) is 3. The zero-order valence-electron chi connectivity index (χ0n) is 17.0. The van der Waals surface area contributed by atoms with E-state index in [0.717, 1.165) is 24.2 Å². The topological polar surface area (TPSA) is 82.8 Å². The first-order valence-electron chi connectivity index (χ1n) is 10.2. The van der Waals surface area contributed by atoms with Crippen LogP contribution in [0.5, 0.6) is 11.5 Å². The number of nitrogens with zero attached hydrogens (tertiary/aromatic N) is 4. The molecule has 0 saturated carbocycles. The normalized spacial score (nSPS) is 17.0. The lowest BCUT2D eigenvalue weighted by atomic mass is 9.57. The summed E-state index contributed by atoms with van der Waals surface area (Å²) in [4.78, 5) is 4.54. The predicted octanol–water partition coefficient (Wildman–Crippen LogP) is 0.245. The lowest BCUT2D eigenvalue weighted by molar-refractivity contribution is 0.0258. The molecule has 0 spiro atoms. The highest BCUT2D eigenvalue weighted by Gasteiger charge is 2.32. The minimum Gasteiger partial charge on any atom is -0.493 e. The van der Waals surface area contributed by atoms with Crippen LogP contribution in [0.1, 0.15) is 24.0 Å². The number of aromatic nitrogens is 4. The van der Waals surface area contributed by atoms with Gasteiger partial charge < -0.3 is 19.5 Å². The fourth-order valence-corrected chi connectivity index (χ4v) is 4.21. The highest BCUT2D eigenvalue weighted by atomic mass is 19.1. The van der Waals surface area contributed by atoms with Gasteiger partial charge in [0, 0.05) is 35.7 Å². The van der Waals surface area contributed by atoms with Crippen LogP contribution in [0.15, 0.2) is 24.7 Å². The van der Waals surface area contributed by atoms with Crippen LogP contribution in [0.4, 0.5) is 10.3 Å². The Labute approximate surface area is 175 Å². The molecule has 0 atom stereocenters. The van der Waals surface area contributed by atoms with Crippen molar-refractivity contribution >= 4 is 27.3 Å². The van der Waals surface area contributed by atoms with Gasteiger partial charge in [0.25, 0.3) is 0 Å². The maximum atomic E-state index is 14.8. The fourth-order valence-electron chi connectivity index (χ4n) is 4.21. The molecule has 1 fully saturated rings. The first-order chi connectivity index (χ1) is 14.5. The summed E-state index contributed by atoms with van der Waals surface area (Å²) in [5, 5.41) is 10.9. The Kier molecular flexibility index (Phi) is 4.77. The van der Waals surface area contributed by atoms with Gasteiger partial charge in [-0.05, 0) is 12.1 Å². The van der Waals surface area contributed by atoms with E-state index in [0.29, 0.717) is 49.1 Å². The van der Waals surface area contributed by atoms with Gasteiger partial charge in [0.1, 0.15) is 39.7 Å². The van der Waals surface area contributed by atoms with E-state index in [1.165, 1.54) is 6.07 Å².